The van der Waals surface area contributed by atoms with E-state index in [1.165, 1.54) is 12.1 Å². The lowest BCUT2D eigenvalue weighted by molar-refractivity contribution is 0.0894. The van der Waals surface area contributed by atoms with Gasteiger partial charge in [0.05, 0.1) is 6.54 Å². The maximum Gasteiger partial charge on any atom is 0.176 e. The number of ketones is 1. The maximum absolute atomic E-state index is 13.1. The first-order valence-electron chi connectivity index (χ1n) is 7.11. The summed E-state index contributed by atoms with van der Waals surface area (Å²) in [7, 11) is 0. The molecule has 106 valence electrons. The van der Waals surface area contributed by atoms with Crippen LogP contribution in [0.25, 0.3) is 0 Å². The Bertz CT molecular complexity index is 405. The fourth-order valence-corrected chi connectivity index (χ4v) is 2.01. The smallest absolute Gasteiger partial charge is 0.176 e. The number of Topliss-reactive ketones (excluding diaryl/α,β-unsaturated/α-hetero) is 1. The van der Waals surface area contributed by atoms with Gasteiger partial charge >= 0.3 is 0 Å². The summed E-state index contributed by atoms with van der Waals surface area (Å²) in [6, 6.07) is 6.32. The van der Waals surface area contributed by atoms with Crippen molar-refractivity contribution in [3.63, 3.8) is 0 Å². The number of hydrogen-bond donors (Lipinski definition) is 0. The molecule has 0 bridgehead atoms. The lowest BCUT2D eigenvalue weighted by Crippen LogP contribution is -2.37. The van der Waals surface area contributed by atoms with Gasteiger partial charge in [0, 0.05) is 11.6 Å². The van der Waals surface area contributed by atoms with Gasteiger partial charge in [-0.25, -0.2) is 4.39 Å². The highest BCUT2D eigenvalue weighted by Gasteiger charge is 2.16. The summed E-state index contributed by atoms with van der Waals surface area (Å²) in [5, 5.41) is 0. The second kappa shape index (κ2) is 8.05. The van der Waals surface area contributed by atoms with Crippen LogP contribution in [0.1, 0.15) is 50.4 Å². The van der Waals surface area contributed by atoms with Gasteiger partial charge in [0.1, 0.15) is 5.82 Å². The van der Waals surface area contributed by atoms with E-state index in [2.05, 4.69) is 25.7 Å². The Morgan fingerprint density at radius 2 is 2.11 bits per heavy atom. The molecule has 0 aliphatic rings. The van der Waals surface area contributed by atoms with Crippen LogP contribution < -0.4 is 0 Å². The average molecular weight is 265 g/mol. The fourth-order valence-electron chi connectivity index (χ4n) is 2.01. The summed E-state index contributed by atoms with van der Waals surface area (Å²) in [4.78, 5) is 14.4. The first-order valence-corrected chi connectivity index (χ1v) is 7.11. The van der Waals surface area contributed by atoms with Crippen LogP contribution >= 0.6 is 0 Å². The molecule has 1 aromatic rings. The molecule has 0 saturated heterocycles. The van der Waals surface area contributed by atoms with Gasteiger partial charge in [-0.2, -0.15) is 0 Å². The minimum Gasteiger partial charge on any atom is -0.293 e. The Labute approximate surface area is 115 Å². The van der Waals surface area contributed by atoms with Crippen LogP contribution in [0.15, 0.2) is 24.3 Å². The Balaban J connectivity index is 2.69. The van der Waals surface area contributed by atoms with Crippen LogP contribution in [-0.2, 0) is 0 Å². The van der Waals surface area contributed by atoms with E-state index in [0.29, 0.717) is 18.2 Å². The van der Waals surface area contributed by atoms with E-state index in [0.717, 1.165) is 25.8 Å². The van der Waals surface area contributed by atoms with E-state index in [1.807, 2.05) is 0 Å². The summed E-state index contributed by atoms with van der Waals surface area (Å²) < 4.78 is 13.1. The summed E-state index contributed by atoms with van der Waals surface area (Å²) >= 11 is 0. The highest BCUT2D eigenvalue weighted by atomic mass is 19.1. The van der Waals surface area contributed by atoms with Crippen molar-refractivity contribution >= 4 is 5.78 Å². The van der Waals surface area contributed by atoms with Gasteiger partial charge in [-0.3, -0.25) is 9.69 Å². The number of benzene rings is 1. The Hall–Kier alpha value is -1.22. The molecule has 0 aromatic heterocycles. The SMILES string of the molecule is CCCCN(CC(=O)c1cccc(F)c1)C(C)CC. The normalized spacial score (nSPS) is 12.7. The van der Waals surface area contributed by atoms with E-state index < -0.39 is 0 Å². The molecule has 1 atom stereocenters. The second-order valence-corrected chi connectivity index (χ2v) is 5.01. The lowest BCUT2D eigenvalue weighted by atomic mass is 10.1. The monoisotopic (exact) mass is 265 g/mol. The molecule has 1 rings (SSSR count). The molecular weight excluding hydrogens is 241 g/mol. The van der Waals surface area contributed by atoms with Gasteiger partial charge in [-0.15, -0.1) is 0 Å². The van der Waals surface area contributed by atoms with Crippen molar-refractivity contribution < 1.29 is 9.18 Å². The second-order valence-electron chi connectivity index (χ2n) is 5.01. The van der Waals surface area contributed by atoms with Crippen LogP contribution in [0, 0.1) is 5.82 Å². The van der Waals surface area contributed by atoms with Crippen LogP contribution in [0.2, 0.25) is 0 Å². The number of rotatable bonds is 8. The number of unbranched alkanes of at least 4 members (excludes halogenated alkanes) is 1. The molecule has 0 N–H and O–H groups in total. The third-order valence-corrected chi connectivity index (χ3v) is 3.51. The molecule has 3 heteroatoms. The van der Waals surface area contributed by atoms with E-state index >= 15 is 0 Å². The zero-order valence-electron chi connectivity index (χ0n) is 12.2. The molecule has 0 amide bonds. The van der Waals surface area contributed by atoms with Crippen molar-refractivity contribution in [1.29, 1.82) is 0 Å². The molecule has 0 heterocycles. The third-order valence-electron chi connectivity index (χ3n) is 3.51. The van der Waals surface area contributed by atoms with E-state index in [9.17, 15) is 9.18 Å². The standard InChI is InChI=1S/C16H24FNO/c1-4-6-10-18(13(3)5-2)12-16(19)14-8-7-9-15(17)11-14/h7-9,11,13H,4-6,10,12H2,1-3H3. The quantitative estimate of drug-likeness (QED) is 0.664. The molecule has 0 aliphatic carbocycles. The minimum absolute atomic E-state index is 0.00379. The molecule has 19 heavy (non-hydrogen) atoms. The highest BCUT2D eigenvalue weighted by molar-refractivity contribution is 5.97. The van der Waals surface area contributed by atoms with Crippen LogP contribution in [0.3, 0.4) is 0 Å². The van der Waals surface area contributed by atoms with Crippen LogP contribution in [-0.4, -0.2) is 29.8 Å². The minimum atomic E-state index is -0.352. The molecule has 0 spiro atoms. The van der Waals surface area contributed by atoms with E-state index in [-0.39, 0.29) is 11.6 Å². The Morgan fingerprint density at radius 3 is 2.68 bits per heavy atom. The van der Waals surface area contributed by atoms with Gasteiger partial charge in [-0.05, 0) is 38.4 Å². The van der Waals surface area contributed by atoms with E-state index in [4.69, 9.17) is 0 Å². The Kier molecular flexibility index (Phi) is 6.71. The molecule has 0 aliphatic heterocycles. The molecule has 2 nitrogen and oxygen atoms in total. The highest BCUT2D eigenvalue weighted by Crippen LogP contribution is 2.10. The molecule has 0 fully saturated rings. The number of hydrogen-bond acceptors (Lipinski definition) is 2. The predicted octanol–water partition coefficient (Wildman–Crippen LogP) is 3.91. The van der Waals surface area contributed by atoms with Gasteiger partial charge in [-0.1, -0.05) is 32.4 Å². The van der Waals surface area contributed by atoms with E-state index in [1.54, 1.807) is 12.1 Å². The van der Waals surface area contributed by atoms with Gasteiger partial charge in [0.2, 0.25) is 0 Å². The lowest BCUT2D eigenvalue weighted by Gasteiger charge is -2.27. The van der Waals surface area contributed by atoms with Gasteiger partial charge in [0.25, 0.3) is 0 Å². The molecule has 1 unspecified atom stereocenters. The van der Waals surface area contributed by atoms with Crippen molar-refractivity contribution in [1.82, 2.24) is 4.90 Å². The molecule has 0 saturated carbocycles. The average Bonchev–Trinajstić information content (AvgIpc) is 2.42. The Morgan fingerprint density at radius 1 is 1.37 bits per heavy atom. The zero-order chi connectivity index (χ0) is 14.3. The van der Waals surface area contributed by atoms with Crippen molar-refractivity contribution in [2.45, 2.75) is 46.1 Å². The summed E-state index contributed by atoms with van der Waals surface area (Å²) in [6.45, 7) is 7.69. The first-order chi connectivity index (χ1) is 9.08. The first kappa shape index (κ1) is 15.8. The molecule has 0 radical (unpaired) electrons. The third kappa shape index (κ3) is 5.11. The van der Waals surface area contributed by atoms with Crippen molar-refractivity contribution in [3.8, 4) is 0 Å². The largest absolute Gasteiger partial charge is 0.293 e. The van der Waals surface area contributed by atoms with Crippen molar-refractivity contribution in [2.24, 2.45) is 0 Å². The number of halogens is 1. The summed E-state index contributed by atoms with van der Waals surface area (Å²) in [5.74, 6) is -0.356. The maximum atomic E-state index is 13.1. The van der Waals surface area contributed by atoms with Gasteiger partial charge in [0.15, 0.2) is 5.78 Å². The number of carbonyl (C=O) groups excluding carboxylic acids is 1. The van der Waals surface area contributed by atoms with Crippen LogP contribution in [0.5, 0.6) is 0 Å². The topological polar surface area (TPSA) is 20.3 Å². The summed E-state index contributed by atoms with van der Waals surface area (Å²) in [6.07, 6.45) is 3.21. The molecule has 1 aromatic carbocycles. The fraction of sp³-hybridized carbons (Fsp3) is 0.562. The zero-order valence-corrected chi connectivity index (χ0v) is 12.2. The van der Waals surface area contributed by atoms with Crippen LogP contribution in [0.4, 0.5) is 4.39 Å². The van der Waals surface area contributed by atoms with Gasteiger partial charge < -0.3 is 0 Å². The summed E-state index contributed by atoms with van der Waals surface area (Å²) in [5.41, 5.74) is 0.463. The predicted molar refractivity (Wildman–Crippen MR) is 77.0 cm³/mol. The van der Waals surface area contributed by atoms with Crippen molar-refractivity contribution in [2.75, 3.05) is 13.1 Å². The number of nitrogens with zero attached hydrogens (tertiary/aromatic N) is 1. The molecular formula is C16H24FNO. The van der Waals surface area contributed by atoms with Crippen molar-refractivity contribution in [3.05, 3.63) is 35.6 Å². The number of carbonyl (C=O) groups is 1.